The van der Waals surface area contributed by atoms with Crippen LogP contribution >= 0.6 is 23.1 Å². The number of benzene rings is 1. The van der Waals surface area contributed by atoms with Crippen LogP contribution in [0.3, 0.4) is 0 Å². The highest BCUT2D eigenvalue weighted by molar-refractivity contribution is 7.99. The Kier molecular flexibility index (Phi) is 5.56. The maximum atomic E-state index is 12.0. The molecular weight excluding hydrogens is 422 g/mol. The average molecular weight is 440 g/mol. The molecule has 3 heterocycles. The molecule has 1 aliphatic heterocycles. The largest absolute Gasteiger partial charge is 0.419 e. The van der Waals surface area contributed by atoms with E-state index in [0.29, 0.717) is 10.8 Å². The van der Waals surface area contributed by atoms with Crippen molar-refractivity contribution in [1.82, 2.24) is 9.97 Å². The van der Waals surface area contributed by atoms with Gasteiger partial charge in [0.15, 0.2) is 10.7 Å². The van der Waals surface area contributed by atoms with Crippen molar-refractivity contribution in [3.63, 3.8) is 0 Å². The second kappa shape index (κ2) is 8.29. The molecule has 3 aromatic rings. The molecule has 4 rings (SSSR count). The van der Waals surface area contributed by atoms with E-state index in [1.165, 1.54) is 31.8 Å². The van der Waals surface area contributed by atoms with Crippen molar-refractivity contribution in [2.24, 2.45) is 0 Å². The van der Waals surface area contributed by atoms with Gasteiger partial charge in [0.05, 0.1) is 10.6 Å². The number of carbonyl (C=O) groups is 2. The van der Waals surface area contributed by atoms with E-state index in [0.717, 1.165) is 15.5 Å². The fourth-order valence-electron chi connectivity index (χ4n) is 2.61. The Hall–Kier alpha value is -3.17. The summed E-state index contributed by atoms with van der Waals surface area (Å²) in [5.41, 5.74) is 1.40. The number of thiophene rings is 1. The van der Waals surface area contributed by atoms with Crippen LogP contribution < -0.4 is 5.32 Å². The molecule has 9 heteroatoms. The summed E-state index contributed by atoms with van der Waals surface area (Å²) in [6.07, 6.45) is 3.03. The van der Waals surface area contributed by atoms with E-state index in [9.17, 15) is 9.59 Å². The molecular formula is C21H17N3O4S2. The molecule has 1 fully saturated rings. The quantitative estimate of drug-likeness (QED) is 0.269. The Morgan fingerprint density at radius 1 is 1.07 bits per heavy atom. The lowest BCUT2D eigenvalue weighted by Crippen LogP contribution is -2.42. The number of carbonyl (C=O) groups excluding carboxylic acids is 2. The van der Waals surface area contributed by atoms with Gasteiger partial charge in [0, 0.05) is 36.8 Å². The second-order valence-corrected chi connectivity index (χ2v) is 8.70. The molecule has 0 unspecified atom stereocenters. The van der Waals surface area contributed by atoms with E-state index in [-0.39, 0.29) is 5.57 Å². The third kappa shape index (κ3) is 4.69. The minimum Gasteiger partial charge on any atom is -0.419 e. The fraction of sp³-hybridized carbons (Fsp3) is 0.143. The van der Waals surface area contributed by atoms with Crippen molar-refractivity contribution in [2.45, 2.75) is 29.7 Å². The minimum atomic E-state index is -1.26. The lowest BCUT2D eigenvalue weighted by molar-refractivity contribution is -0.222. The fourth-order valence-corrected chi connectivity index (χ4v) is 4.05. The average Bonchev–Trinajstić information content (AvgIpc) is 3.23. The molecule has 1 saturated heterocycles. The molecule has 0 saturated carbocycles. The highest BCUT2D eigenvalue weighted by Crippen LogP contribution is 2.29. The third-order valence-electron chi connectivity index (χ3n) is 3.97. The van der Waals surface area contributed by atoms with Gasteiger partial charge in [0.1, 0.15) is 0 Å². The topological polar surface area (TPSA) is 90.4 Å². The maximum Gasteiger partial charge on any atom is 0.350 e. The number of rotatable bonds is 5. The van der Waals surface area contributed by atoms with Crippen molar-refractivity contribution in [3.05, 3.63) is 65.8 Å². The molecule has 1 aliphatic rings. The molecule has 0 spiro atoms. The second-order valence-electron chi connectivity index (χ2n) is 6.71. The summed E-state index contributed by atoms with van der Waals surface area (Å²) in [7, 11) is 0. The molecule has 0 atom stereocenters. The summed E-state index contributed by atoms with van der Waals surface area (Å²) < 4.78 is 10.1. The first-order valence-corrected chi connectivity index (χ1v) is 10.7. The van der Waals surface area contributed by atoms with Gasteiger partial charge in [0.25, 0.3) is 5.79 Å². The lowest BCUT2D eigenvalue weighted by atomic mass is 10.2. The van der Waals surface area contributed by atoms with Crippen molar-refractivity contribution in [2.75, 3.05) is 5.32 Å². The van der Waals surface area contributed by atoms with Crippen LogP contribution in [0.25, 0.3) is 10.6 Å². The van der Waals surface area contributed by atoms with Crippen LogP contribution in [0.5, 0.6) is 0 Å². The van der Waals surface area contributed by atoms with Gasteiger partial charge in [0.2, 0.25) is 0 Å². The van der Waals surface area contributed by atoms with Gasteiger partial charge in [-0.05, 0) is 53.5 Å². The molecule has 0 amide bonds. The normalized spacial score (nSPS) is 15.3. The van der Waals surface area contributed by atoms with Crippen LogP contribution in [0.15, 0.2) is 75.9 Å². The van der Waals surface area contributed by atoms with E-state index in [2.05, 4.69) is 15.3 Å². The van der Waals surface area contributed by atoms with Crippen LogP contribution in [0.4, 0.5) is 5.69 Å². The van der Waals surface area contributed by atoms with E-state index in [1.807, 2.05) is 47.8 Å². The molecule has 0 radical (unpaired) electrons. The van der Waals surface area contributed by atoms with Crippen LogP contribution in [-0.2, 0) is 19.1 Å². The number of nitrogens with zero attached hydrogens (tertiary/aromatic N) is 2. The molecule has 1 aromatic carbocycles. The number of cyclic esters (lactones) is 2. The maximum absolute atomic E-state index is 12.0. The Bertz CT molecular complexity index is 1090. The van der Waals surface area contributed by atoms with Gasteiger partial charge >= 0.3 is 11.9 Å². The first-order chi connectivity index (χ1) is 14.4. The number of aromatic nitrogens is 2. The van der Waals surface area contributed by atoms with Gasteiger partial charge in [-0.15, -0.1) is 11.3 Å². The minimum absolute atomic E-state index is 0.188. The summed E-state index contributed by atoms with van der Waals surface area (Å²) in [5.74, 6) is -2.70. The van der Waals surface area contributed by atoms with E-state index in [4.69, 9.17) is 9.47 Å². The van der Waals surface area contributed by atoms with Crippen LogP contribution in [0, 0.1) is 0 Å². The van der Waals surface area contributed by atoms with Gasteiger partial charge in [-0.25, -0.2) is 19.6 Å². The standard InChI is InChI=1S/C21H17N3O4S2/c1-21(2)27-18(25)15(19(26)28-21)12-23-13-5-7-14(8-6-13)30-20-22-10-9-16(24-20)17-4-3-11-29-17/h3-12,23H,1-2H3. The summed E-state index contributed by atoms with van der Waals surface area (Å²) in [6, 6.07) is 13.3. The number of esters is 2. The predicted molar refractivity (Wildman–Crippen MR) is 114 cm³/mol. The number of hydrogen-bond donors (Lipinski definition) is 1. The van der Waals surface area contributed by atoms with Gasteiger partial charge in [-0.2, -0.15) is 0 Å². The predicted octanol–water partition coefficient (Wildman–Crippen LogP) is 4.49. The van der Waals surface area contributed by atoms with Crippen molar-refractivity contribution >= 4 is 40.7 Å². The molecule has 7 nitrogen and oxygen atoms in total. The van der Waals surface area contributed by atoms with Crippen LogP contribution in [-0.4, -0.2) is 27.7 Å². The number of ether oxygens (including phenoxy) is 2. The van der Waals surface area contributed by atoms with Crippen molar-refractivity contribution in [3.8, 4) is 10.6 Å². The highest BCUT2D eigenvalue weighted by Gasteiger charge is 2.38. The van der Waals surface area contributed by atoms with Crippen LogP contribution in [0.1, 0.15) is 13.8 Å². The Balaban J connectivity index is 1.42. The first kappa shape index (κ1) is 20.1. The van der Waals surface area contributed by atoms with Crippen LogP contribution in [0.2, 0.25) is 0 Å². The zero-order valence-electron chi connectivity index (χ0n) is 16.1. The first-order valence-electron chi connectivity index (χ1n) is 8.98. The molecule has 30 heavy (non-hydrogen) atoms. The Morgan fingerprint density at radius 2 is 1.80 bits per heavy atom. The zero-order chi connectivity index (χ0) is 21.1. The third-order valence-corrected chi connectivity index (χ3v) is 5.75. The van der Waals surface area contributed by atoms with E-state index >= 15 is 0 Å². The summed E-state index contributed by atoms with van der Waals surface area (Å²) >= 11 is 3.08. The molecule has 0 aliphatic carbocycles. The SMILES string of the molecule is CC1(C)OC(=O)C(=CNc2ccc(Sc3nccc(-c4cccs4)n3)cc2)C(=O)O1. The van der Waals surface area contributed by atoms with Crippen molar-refractivity contribution < 1.29 is 19.1 Å². The van der Waals surface area contributed by atoms with E-state index in [1.54, 1.807) is 17.5 Å². The summed E-state index contributed by atoms with van der Waals surface area (Å²) in [6.45, 7) is 3.01. The molecule has 2 aromatic heterocycles. The van der Waals surface area contributed by atoms with Gasteiger partial charge in [-0.1, -0.05) is 6.07 Å². The number of nitrogens with one attached hydrogen (secondary N) is 1. The Labute approximate surface area is 181 Å². The number of hydrogen-bond acceptors (Lipinski definition) is 9. The van der Waals surface area contributed by atoms with Gasteiger partial charge in [-0.3, -0.25) is 0 Å². The van der Waals surface area contributed by atoms with Crippen molar-refractivity contribution in [1.29, 1.82) is 0 Å². The molecule has 1 N–H and O–H groups in total. The smallest absolute Gasteiger partial charge is 0.350 e. The lowest BCUT2D eigenvalue weighted by Gasteiger charge is -2.29. The highest BCUT2D eigenvalue weighted by atomic mass is 32.2. The zero-order valence-corrected chi connectivity index (χ0v) is 17.8. The monoisotopic (exact) mass is 439 g/mol. The number of anilines is 1. The summed E-state index contributed by atoms with van der Waals surface area (Å²) in [4.78, 5) is 34.9. The Morgan fingerprint density at radius 3 is 2.47 bits per heavy atom. The van der Waals surface area contributed by atoms with Gasteiger partial charge < -0.3 is 14.8 Å². The summed E-state index contributed by atoms with van der Waals surface area (Å²) in [5, 5.41) is 5.58. The molecule has 0 bridgehead atoms. The van der Waals surface area contributed by atoms with E-state index < -0.39 is 17.7 Å². The molecule has 152 valence electrons.